The third-order valence-corrected chi connectivity index (χ3v) is 5.97. The van der Waals surface area contributed by atoms with Crippen molar-refractivity contribution in [3.05, 3.63) is 150 Å². The molecule has 0 aromatic heterocycles. The first kappa shape index (κ1) is 31.3. The number of rotatable bonds is 6. The highest BCUT2D eigenvalue weighted by molar-refractivity contribution is 5.82. The van der Waals surface area contributed by atoms with Crippen LogP contribution in [-0.4, -0.2) is 0 Å². The van der Waals surface area contributed by atoms with E-state index in [1.54, 1.807) is 0 Å². The molecule has 4 rings (SSSR count). The Balaban J connectivity index is 0.000000368. The molecule has 0 atom stereocenters. The van der Waals surface area contributed by atoms with E-state index >= 15 is 0 Å². The summed E-state index contributed by atoms with van der Waals surface area (Å²) < 4.78 is 0. The van der Waals surface area contributed by atoms with Crippen LogP contribution in [0.5, 0.6) is 0 Å². The van der Waals surface area contributed by atoms with Crippen molar-refractivity contribution in [2.24, 2.45) is 5.92 Å². The van der Waals surface area contributed by atoms with E-state index in [1.807, 2.05) is 25.1 Å². The zero-order valence-corrected chi connectivity index (χ0v) is 25.0. The van der Waals surface area contributed by atoms with Gasteiger partial charge in [0.2, 0.25) is 0 Å². The molecule has 0 aliphatic rings. The molecule has 0 bridgehead atoms. The van der Waals surface area contributed by atoms with Crippen molar-refractivity contribution in [2.45, 2.75) is 54.9 Å². The molecule has 0 amide bonds. The maximum Gasteiger partial charge on any atom is -0.0109 e. The molecule has 39 heavy (non-hydrogen) atoms. The molecule has 4 aromatic carbocycles. The lowest BCUT2D eigenvalue weighted by Gasteiger charge is -2.12. The highest BCUT2D eigenvalue weighted by Crippen LogP contribution is 2.31. The summed E-state index contributed by atoms with van der Waals surface area (Å²) >= 11 is 0. The third-order valence-electron chi connectivity index (χ3n) is 5.97. The molecule has 0 radical (unpaired) electrons. The lowest BCUT2D eigenvalue weighted by molar-refractivity contribution is 0.737. The fourth-order valence-electron chi connectivity index (χ4n) is 4.00. The Hall–Kier alpha value is -3.90. The fourth-order valence-corrected chi connectivity index (χ4v) is 4.00. The van der Waals surface area contributed by atoms with E-state index in [9.17, 15) is 0 Å². The van der Waals surface area contributed by atoms with E-state index < -0.39 is 0 Å². The van der Waals surface area contributed by atoms with Crippen LogP contribution < -0.4 is 0 Å². The smallest absolute Gasteiger partial charge is 0.0109 e. The van der Waals surface area contributed by atoms with Gasteiger partial charge in [-0.2, -0.15) is 0 Å². The third kappa shape index (κ3) is 11.2. The minimum absolute atomic E-state index is 0.833. The fraction of sp³-hybridized carbons (Fsp3) is 0.231. The molecule has 0 nitrogen and oxygen atoms in total. The molecule has 0 heteroatoms. The zero-order valence-electron chi connectivity index (χ0n) is 25.0. The summed E-state index contributed by atoms with van der Waals surface area (Å²) in [5.74, 6) is 0.833. The molecule has 0 saturated carbocycles. The number of allylic oxidation sites excluding steroid dienone is 5. The maximum absolute atomic E-state index is 4.10. The monoisotopic (exact) mass is 514 g/mol. The van der Waals surface area contributed by atoms with Crippen molar-refractivity contribution in [3.63, 3.8) is 0 Å². The minimum atomic E-state index is 0.833. The van der Waals surface area contributed by atoms with Gasteiger partial charge >= 0.3 is 0 Å². The van der Waals surface area contributed by atoms with Crippen LogP contribution in [0.4, 0.5) is 0 Å². The van der Waals surface area contributed by atoms with Gasteiger partial charge in [-0.25, -0.2) is 0 Å². The van der Waals surface area contributed by atoms with Crippen molar-refractivity contribution in [1.29, 1.82) is 0 Å². The predicted octanol–water partition coefficient (Wildman–Crippen LogP) is 11.8. The average Bonchev–Trinajstić information content (AvgIpc) is 2.94. The summed E-state index contributed by atoms with van der Waals surface area (Å²) in [7, 11) is 0. The summed E-state index contributed by atoms with van der Waals surface area (Å²) in [6.45, 7) is 19.0. The highest BCUT2D eigenvalue weighted by atomic mass is 14.1. The quantitative estimate of drug-likeness (QED) is 0.224. The van der Waals surface area contributed by atoms with Crippen LogP contribution in [0.3, 0.4) is 0 Å². The molecule has 4 aromatic rings. The Kier molecular flexibility index (Phi) is 13.5. The first-order valence-electron chi connectivity index (χ1n) is 14.1. The van der Waals surface area contributed by atoms with Crippen LogP contribution in [0, 0.1) is 12.8 Å². The first-order chi connectivity index (χ1) is 18.7. The number of hydrogen-bond donors (Lipinski definition) is 0. The Morgan fingerprint density at radius 2 is 1.21 bits per heavy atom. The molecule has 0 aliphatic heterocycles. The van der Waals surface area contributed by atoms with Gasteiger partial charge in [-0.3, -0.25) is 0 Å². The molecule has 0 unspecified atom stereocenters. The average molecular weight is 515 g/mol. The minimum Gasteiger partial charge on any atom is -0.0918 e. The molecule has 202 valence electrons. The van der Waals surface area contributed by atoms with E-state index in [1.165, 1.54) is 44.5 Å². The summed E-state index contributed by atoms with van der Waals surface area (Å²) in [6, 6.07) is 36.5. The molecular weight excluding hydrogens is 468 g/mol. The SMILES string of the molecule is C=C(/C=C\C)/C=C(\C)c1ccccc1-c1ccc(-c2ccc(C)cc2)cc1.CC(C)C.CCc1ccccc1. The molecular formula is C39H46. The van der Waals surface area contributed by atoms with E-state index in [2.05, 4.69) is 151 Å². The van der Waals surface area contributed by atoms with Gasteiger partial charge in [0, 0.05) is 0 Å². The van der Waals surface area contributed by atoms with Gasteiger partial charge in [0.1, 0.15) is 0 Å². The predicted molar refractivity (Wildman–Crippen MR) is 176 cm³/mol. The molecule has 0 heterocycles. The Bertz CT molecular complexity index is 1310. The van der Waals surface area contributed by atoms with Crippen molar-refractivity contribution in [2.75, 3.05) is 0 Å². The van der Waals surface area contributed by atoms with E-state index in [4.69, 9.17) is 0 Å². The molecule has 0 aliphatic carbocycles. The van der Waals surface area contributed by atoms with Crippen LogP contribution in [0.25, 0.3) is 27.8 Å². The van der Waals surface area contributed by atoms with E-state index in [-0.39, 0.29) is 0 Å². The Morgan fingerprint density at radius 3 is 1.72 bits per heavy atom. The van der Waals surface area contributed by atoms with Crippen LogP contribution in [-0.2, 0) is 6.42 Å². The second-order valence-corrected chi connectivity index (χ2v) is 10.5. The second kappa shape index (κ2) is 16.8. The van der Waals surface area contributed by atoms with Gasteiger partial charge in [0.05, 0.1) is 0 Å². The first-order valence-corrected chi connectivity index (χ1v) is 14.1. The van der Waals surface area contributed by atoms with Gasteiger partial charge < -0.3 is 0 Å². The van der Waals surface area contributed by atoms with E-state index in [0.717, 1.165) is 17.9 Å². The summed E-state index contributed by atoms with van der Waals surface area (Å²) in [5, 5.41) is 0. The molecule has 0 spiro atoms. The van der Waals surface area contributed by atoms with Crippen molar-refractivity contribution in [3.8, 4) is 22.3 Å². The molecule has 0 saturated heterocycles. The van der Waals surface area contributed by atoms with Gasteiger partial charge in [-0.05, 0) is 77.6 Å². The highest BCUT2D eigenvalue weighted by Gasteiger charge is 2.07. The molecule has 0 fully saturated rings. The van der Waals surface area contributed by atoms with Crippen molar-refractivity contribution in [1.82, 2.24) is 0 Å². The van der Waals surface area contributed by atoms with Gasteiger partial charge in [0.15, 0.2) is 0 Å². The maximum atomic E-state index is 4.10. The number of aryl methyl sites for hydroxylation is 2. The number of hydrogen-bond acceptors (Lipinski definition) is 0. The largest absolute Gasteiger partial charge is 0.0918 e. The molecule has 0 N–H and O–H groups in total. The summed E-state index contributed by atoms with van der Waals surface area (Å²) in [6.07, 6.45) is 7.32. The zero-order chi connectivity index (χ0) is 28.6. The van der Waals surface area contributed by atoms with Crippen molar-refractivity contribution < 1.29 is 0 Å². The standard InChI is InChI=1S/C27H26.C8H10.C4H10/c1-5-8-21(3)19-22(4)26-9-6-7-10-27(26)25-17-15-24(16-18-25)23-13-11-20(2)12-14-23;1-2-8-6-4-3-5-7-8;1-4(2)3/h5-19H,3H2,1-2,4H3;3-7H,2H2,1H3;4H,1-3H3/b8-5-,22-19+;;. The van der Waals surface area contributed by atoms with E-state index in [0.29, 0.717) is 0 Å². The summed E-state index contributed by atoms with van der Waals surface area (Å²) in [4.78, 5) is 0. The van der Waals surface area contributed by atoms with Crippen LogP contribution in [0.15, 0.2) is 134 Å². The Morgan fingerprint density at radius 1 is 0.718 bits per heavy atom. The van der Waals surface area contributed by atoms with Gasteiger partial charge in [-0.15, -0.1) is 0 Å². The normalized spacial score (nSPS) is 10.9. The van der Waals surface area contributed by atoms with Gasteiger partial charge in [0.25, 0.3) is 0 Å². The Labute approximate surface area is 238 Å². The lowest BCUT2D eigenvalue weighted by atomic mass is 9.93. The van der Waals surface area contributed by atoms with Crippen LogP contribution >= 0.6 is 0 Å². The lowest BCUT2D eigenvalue weighted by Crippen LogP contribution is -1.88. The number of benzene rings is 4. The summed E-state index contributed by atoms with van der Waals surface area (Å²) in [5.41, 5.74) is 11.1. The van der Waals surface area contributed by atoms with Crippen LogP contribution in [0.2, 0.25) is 0 Å². The van der Waals surface area contributed by atoms with Crippen LogP contribution in [0.1, 0.15) is 58.2 Å². The van der Waals surface area contributed by atoms with Gasteiger partial charge in [-0.1, -0.05) is 161 Å². The second-order valence-electron chi connectivity index (χ2n) is 10.5. The van der Waals surface area contributed by atoms with Crippen molar-refractivity contribution >= 4 is 5.57 Å². The topological polar surface area (TPSA) is 0 Å².